The Balaban J connectivity index is 1.96. The van der Waals surface area contributed by atoms with Crippen LogP contribution in [0, 0.1) is 5.82 Å². The summed E-state index contributed by atoms with van der Waals surface area (Å²) in [6, 6.07) is 8.75. The summed E-state index contributed by atoms with van der Waals surface area (Å²) in [5.41, 5.74) is 2.45. The van der Waals surface area contributed by atoms with Gasteiger partial charge in [0, 0.05) is 16.7 Å². The Morgan fingerprint density at radius 1 is 1.14 bits per heavy atom. The van der Waals surface area contributed by atoms with E-state index in [1.54, 1.807) is 6.07 Å². The number of fused-ring (bicyclic) bond motifs is 1. The van der Waals surface area contributed by atoms with E-state index < -0.39 is 15.8 Å². The third-order valence-electron chi connectivity index (χ3n) is 3.53. The highest BCUT2D eigenvalue weighted by Crippen LogP contribution is 2.29. The molecule has 0 amide bonds. The summed E-state index contributed by atoms with van der Waals surface area (Å²) >= 11 is 3.33. The van der Waals surface area contributed by atoms with Gasteiger partial charge in [0.2, 0.25) is 0 Å². The van der Waals surface area contributed by atoms with Gasteiger partial charge in [-0.1, -0.05) is 0 Å². The molecular formula is C15H14BrFN2O2S. The fraction of sp³-hybridized carbons (Fsp3) is 0.200. The van der Waals surface area contributed by atoms with Crippen molar-refractivity contribution >= 4 is 31.6 Å². The first-order chi connectivity index (χ1) is 10.5. The predicted molar refractivity (Wildman–Crippen MR) is 86.8 cm³/mol. The lowest BCUT2D eigenvalue weighted by molar-refractivity contribution is 0.599. The van der Waals surface area contributed by atoms with Crippen molar-refractivity contribution in [3.05, 3.63) is 57.8 Å². The summed E-state index contributed by atoms with van der Waals surface area (Å²) in [6.45, 7) is 1.57. The standard InChI is InChI=1S/C15H14BrFN2O2S/c16-14-7-11-9-18-6-5-10(11)8-15(14)22(20,21)19-13-3-1-12(17)2-4-13/h1-4,7-8,18-19H,5-6,9H2. The van der Waals surface area contributed by atoms with Crippen LogP contribution in [-0.2, 0) is 23.0 Å². The zero-order valence-corrected chi connectivity index (χ0v) is 14.0. The maximum absolute atomic E-state index is 12.9. The second kappa shape index (κ2) is 5.98. The van der Waals surface area contributed by atoms with Gasteiger partial charge in [-0.15, -0.1) is 0 Å². The van der Waals surface area contributed by atoms with Gasteiger partial charge in [0.1, 0.15) is 10.7 Å². The van der Waals surface area contributed by atoms with Gasteiger partial charge in [-0.25, -0.2) is 12.8 Å². The molecule has 22 heavy (non-hydrogen) atoms. The molecule has 0 spiro atoms. The smallest absolute Gasteiger partial charge is 0.263 e. The van der Waals surface area contributed by atoms with Crippen LogP contribution in [0.3, 0.4) is 0 Å². The highest BCUT2D eigenvalue weighted by molar-refractivity contribution is 9.10. The number of sulfonamides is 1. The number of nitrogens with one attached hydrogen (secondary N) is 2. The molecule has 2 aromatic rings. The number of anilines is 1. The number of halogens is 2. The third-order valence-corrected chi connectivity index (χ3v) is 5.87. The Hall–Kier alpha value is -1.44. The molecular weight excluding hydrogens is 371 g/mol. The molecule has 0 atom stereocenters. The van der Waals surface area contributed by atoms with E-state index in [0.29, 0.717) is 10.2 Å². The number of rotatable bonds is 3. The van der Waals surface area contributed by atoms with Gasteiger partial charge >= 0.3 is 0 Å². The van der Waals surface area contributed by atoms with Gasteiger partial charge in [-0.05, 0) is 76.4 Å². The van der Waals surface area contributed by atoms with E-state index in [2.05, 4.69) is 26.0 Å². The lowest BCUT2D eigenvalue weighted by atomic mass is 10.0. The Labute approximate surface area is 136 Å². The molecule has 0 unspecified atom stereocenters. The molecule has 0 aliphatic carbocycles. The molecule has 1 heterocycles. The topological polar surface area (TPSA) is 58.2 Å². The van der Waals surface area contributed by atoms with Crippen molar-refractivity contribution < 1.29 is 12.8 Å². The molecule has 2 aromatic carbocycles. The predicted octanol–water partition coefficient (Wildman–Crippen LogP) is 3.03. The minimum Gasteiger partial charge on any atom is -0.312 e. The molecule has 0 saturated heterocycles. The minimum atomic E-state index is -3.73. The molecule has 0 saturated carbocycles. The number of benzene rings is 2. The summed E-state index contributed by atoms with van der Waals surface area (Å²) < 4.78 is 41.0. The highest BCUT2D eigenvalue weighted by Gasteiger charge is 2.21. The largest absolute Gasteiger partial charge is 0.312 e. The SMILES string of the molecule is O=S(=O)(Nc1ccc(F)cc1)c1cc2c(cc1Br)CNCC2. The molecule has 1 aliphatic rings. The second-order valence-corrected chi connectivity index (χ2v) is 7.60. The van der Waals surface area contributed by atoms with Crippen LogP contribution in [0.4, 0.5) is 10.1 Å². The van der Waals surface area contributed by atoms with Crippen molar-refractivity contribution in [2.75, 3.05) is 11.3 Å². The van der Waals surface area contributed by atoms with Crippen LogP contribution >= 0.6 is 15.9 Å². The van der Waals surface area contributed by atoms with Gasteiger partial charge < -0.3 is 5.32 Å². The van der Waals surface area contributed by atoms with E-state index in [1.165, 1.54) is 24.3 Å². The zero-order chi connectivity index (χ0) is 15.7. The fourth-order valence-electron chi connectivity index (χ4n) is 2.41. The lowest BCUT2D eigenvalue weighted by Gasteiger charge is -2.19. The fourth-order valence-corrected chi connectivity index (χ4v) is 4.61. The molecule has 1 aliphatic heterocycles. The second-order valence-electron chi connectivity index (χ2n) is 5.09. The van der Waals surface area contributed by atoms with Gasteiger partial charge in [0.25, 0.3) is 10.0 Å². The lowest BCUT2D eigenvalue weighted by Crippen LogP contribution is -2.24. The summed E-state index contributed by atoms with van der Waals surface area (Å²) in [5.74, 6) is -0.412. The molecule has 3 rings (SSSR count). The normalized spacial score (nSPS) is 14.5. The van der Waals surface area contributed by atoms with Crippen molar-refractivity contribution in [3.63, 3.8) is 0 Å². The van der Waals surface area contributed by atoms with Gasteiger partial charge in [0.05, 0.1) is 0 Å². The number of hydrogen-bond donors (Lipinski definition) is 2. The zero-order valence-electron chi connectivity index (χ0n) is 11.6. The molecule has 0 radical (unpaired) electrons. The monoisotopic (exact) mass is 384 g/mol. The summed E-state index contributed by atoms with van der Waals surface area (Å²) in [7, 11) is -3.73. The molecule has 2 N–H and O–H groups in total. The summed E-state index contributed by atoms with van der Waals surface area (Å²) in [4.78, 5) is 0.192. The van der Waals surface area contributed by atoms with Gasteiger partial charge in [-0.3, -0.25) is 4.72 Å². The van der Waals surface area contributed by atoms with Crippen LogP contribution in [0.1, 0.15) is 11.1 Å². The van der Waals surface area contributed by atoms with E-state index in [9.17, 15) is 12.8 Å². The molecule has 0 bridgehead atoms. The number of hydrogen-bond acceptors (Lipinski definition) is 3. The quantitative estimate of drug-likeness (QED) is 0.854. The maximum Gasteiger partial charge on any atom is 0.263 e. The Kier molecular flexibility index (Phi) is 4.20. The molecule has 7 heteroatoms. The molecule has 0 aromatic heterocycles. The molecule has 4 nitrogen and oxygen atoms in total. The molecule has 116 valence electrons. The van der Waals surface area contributed by atoms with Crippen LogP contribution in [0.15, 0.2) is 45.8 Å². The first-order valence-electron chi connectivity index (χ1n) is 6.76. The van der Waals surface area contributed by atoms with Crippen molar-refractivity contribution in [2.24, 2.45) is 0 Å². The average molecular weight is 385 g/mol. The van der Waals surface area contributed by atoms with E-state index in [0.717, 1.165) is 30.6 Å². The maximum atomic E-state index is 12.9. The van der Waals surface area contributed by atoms with Crippen LogP contribution in [0.2, 0.25) is 0 Å². The molecule has 0 fully saturated rings. The highest BCUT2D eigenvalue weighted by atomic mass is 79.9. The van der Waals surface area contributed by atoms with Crippen LogP contribution < -0.4 is 10.0 Å². The average Bonchev–Trinajstić information content (AvgIpc) is 2.48. The summed E-state index contributed by atoms with van der Waals surface area (Å²) in [5, 5.41) is 3.25. The van der Waals surface area contributed by atoms with E-state index in [-0.39, 0.29) is 4.90 Å². The Bertz CT molecular complexity index is 807. The van der Waals surface area contributed by atoms with Crippen molar-refractivity contribution in [3.8, 4) is 0 Å². The first kappa shape index (κ1) is 15.5. The van der Waals surface area contributed by atoms with E-state index in [1.807, 2.05) is 6.07 Å². The van der Waals surface area contributed by atoms with Crippen LogP contribution in [0.25, 0.3) is 0 Å². The van der Waals surface area contributed by atoms with Gasteiger partial charge in [-0.2, -0.15) is 0 Å². The van der Waals surface area contributed by atoms with Crippen molar-refractivity contribution in [1.29, 1.82) is 0 Å². The first-order valence-corrected chi connectivity index (χ1v) is 9.04. The van der Waals surface area contributed by atoms with E-state index in [4.69, 9.17) is 0 Å². The third kappa shape index (κ3) is 3.16. The Morgan fingerprint density at radius 2 is 1.86 bits per heavy atom. The van der Waals surface area contributed by atoms with Crippen molar-refractivity contribution in [1.82, 2.24) is 5.32 Å². The Morgan fingerprint density at radius 3 is 2.59 bits per heavy atom. The van der Waals surface area contributed by atoms with Crippen LogP contribution in [0.5, 0.6) is 0 Å². The van der Waals surface area contributed by atoms with E-state index >= 15 is 0 Å². The van der Waals surface area contributed by atoms with Gasteiger partial charge in [0.15, 0.2) is 0 Å². The van der Waals surface area contributed by atoms with Crippen LogP contribution in [-0.4, -0.2) is 15.0 Å². The minimum absolute atomic E-state index is 0.192. The van der Waals surface area contributed by atoms with Crippen molar-refractivity contribution in [2.45, 2.75) is 17.9 Å². The summed E-state index contributed by atoms with van der Waals surface area (Å²) in [6.07, 6.45) is 0.793.